The third kappa shape index (κ3) is 4.22. The molecule has 3 aromatic rings. The van der Waals surface area contributed by atoms with Gasteiger partial charge in [-0.25, -0.2) is 0 Å². The molecule has 6 heteroatoms. The zero-order chi connectivity index (χ0) is 19.3. The van der Waals surface area contributed by atoms with Gasteiger partial charge in [0, 0.05) is 32.1 Å². The van der Waals surface area contributed by atoms with E-state index in [0.717, 1.165) is 24.0 Å². The molecule has 1 atom stereocenters. The molecule has 0 bridgehead atoms. The van der Waals surface area contributed by atoms with Crippen LogP contribution in [-0.4, -0.2) is 39.5 Å². The molecule has 0 saturated carbocycles. The Morgan fingerprint density at radius 2 is 2.07 bits per heavy atom. The average Bonchev–Trinajstić information content (AvgIpc) is 3.32. The number of carbonyl (C=O) groups excluding carboxylic acids is 2. The lowest BCUT2D eigenvalue weighted by Crippen LogP contribution is -2.36. The number of aryl methyl sites for hydroxylation is 1. The molecule has 0 radical (unpaired) electrons. The van der Waals surface area contributed by atoms with Crippen molar-refractivity contribution >= 4 is 22.6 Å². The second-order valence-electron chi connectivity index (χ2n) is 7.34. The number of fused-ring (bicyclic) bond motifs is 1. The van der Waals surface area contributed by atoms with Crippen LogP contribution in [0.25, 0.3) is 10.8 Å². The third-order valence-electron chi connectivity index (χ3n) is 5.24. The number of benzene rings is 2. The van der Waals surface area contributed by atoms with Crippen molar-refractivity contribution in [1.82, 2.24) is 20.4 Å². The van der Waals surface area contributed by atoms with Crippen molar-refractivity contribution in [1.29, 1.82) is 0 Å². The Hall–Kier alpha value is -3.15. The molecule has 2 N–H and O–H groups in total. The number of amides is 2. The Morgan fingerprint density at radius 3 is 2.93 bits per heavy atom. The molecule has 1 unspecified atom stereocenters. The van der Waals surface area contributed by atoms with Crippen LogP contribution in [0.15, 0.2) is 54.9 Å². The van der Waals surface area contributed by atoms with Gasteiger partial charge in [-0.15, -0.1) is 0 Å². The number of likely N-dealkylation sites (tertiary alicyclic amines) is 1. The number of nitrogens with one attached hydrogen (secondary N) is 2. The van der Waals surface area contributed by atoms with Crippen LogP contribution in [0.1, 0.15) is 30.4 Å². The van der Waals surface area contributed by atoms with Gasteiger partial charge in [0.2, 0.25) is 11.8 Å². The molecule has 6 nitrogen and oxygen atoms in total. The summed E-state index contributed by atoms with van der Waals surface area (Å²) in [7, 11) is 0. The van der Waals surface area contributed by atoms with E-state index in [1.165, 1.54) is 10.8 Å². The minimum atomic E-state index is -0.107. The highest BCUT2D eigenvalue weighted by atomic mass is 16.2. The van der Waals surface area contributed by atoms with Gasteiger partial charge in [0.1, 0.15) is 0 Å². The molecule has 0 aliphatic carbocycles. The minimum Gasteiger partial charge on any atom is -0.351 e. The van der Waals surface area contributed by atoms with Crippen molar-refractivity contribution in [2.75, 3.05) is 6.54 Å². The number of hydrogen-bond donors (Lipinski definition) is 2. The summed E-state index contributed by atoms with van der Waals surface area (Å²) in [6.07, 6.45) is 6.04. The van der Waals surface area contributed by atoms with Crippen molar-refractivity contribution in [2.45, 2.75) is 38.3 Å². The molecule has 1 saturated heterocycles. The van der Waals surface area contributed by atoms with E-state index in [2.05, 4.69) is 39.8 Å². The second-order valence-corrected chi connectivity index (χ2v) is 7.34. The molecule has 0 spiro atoms. The number of nitrogens with zero attached hydrogens (tertiary/aromatic N) is 2. The lowest BCUT2D eigenvalue weighted by atomic mass is 10.0. The summed E-state index contributed by atoms with van der Waals surface area (Å²) < 4.78 is 0. The van der Waals surface area contributed by atoms with Crippen molar-refractivity contribution in [3.05, 3.63) is 66.0 Å². The van der Waals surface area contributed by atoms with E-state index in [4.69, 9.17) is 0 Å². The summed E-state index contributed by atoms with van der Waals surface area (Å²) in [4.78, 5) is 26.5. The van der Waals surface area contributed by atoms with Gasteiger partial charge in [0.25, 0.3) is 0 Å². The van der Waals surface area contributed by atoms with Gasteiger partial charge >= 0.3 is 0 Å². The summed E-state index contributed by atoms with van der Waals surface area (Å²) in [6, 6.07) is 14.3. The van der Waals surface area contributed by atoms with Crippen molar-refractivity contribution in [3.63, 3.8) is 0 Å². The number of rotatable bonds is 7. The Bertz CT molecular complexity index is 962. The summed E-state index contributed by atoms with van der Waals surface area (Å²) in [5, 5.41) is 12.0. The van der Waals surface area contributed by atoms with Crippen LogP contribution in [0.5, 0.6) is 0 Å². The smallest absolute Gasteiger partial charge is 0.225 e. The van der Waals surface area contributed by atoms with Crippen LogP contribution in [0.4, 0.5) is 0 Å². The predicted octanol–water partition coefficient (Wildman–Crippen LogP) is 2.80. The Labute approximate surface area is 163 Å². The molecule has 144 valence electrons. The van der Waals surface area contributed by atoms with Crippen LogP contribution in [0.2, 0.25) is 0 Å². The monoisotopic (exact) mass is 376 g/mol. The molecule has 2 aromatic carbocycles. The molecule has 2 heterocycles. The molecule has 28 heavy (non-hydrogen) atoms. The summed E-state index contributed by atoms with van der Waals surface area (Å²) in [6.45, 7) is 1.14. The van der Waals surface area contributed by atoms with E-state index < -0.39 is 0 Å². The highest BCUT2D eigenvalue weighted by Gasteiger charge is 2.30. The lowest BCUT2D eigenvalue weighted by molar-refractivity contribution is -0.128. The van der Waals surface area contributed by atoms with Crippen molar-refractivity contribution in [2.24, 2.45) is 0 Å². The van der Waals surface area contributed by atoms with Gasteiger partial charge in [0.05, 0.1) is 12.2 Å². The fourth-order valence-electron chi connectivity index (χ4n) is 3.82. The van der Waals surface area contributed by atoms with Gasteiger partial charge in [-0.1, -0.05) is 42.5 Å². The Morgan fingerprint density at radius 1 is 1.21 bits per heavy atom. The molecular formula is C22H24N4O2. The summed E-state index contributed by atoms with van der Waals surface area (Å²) in [5.41, 5.74) is 2.24. The maximum absolute atomic E-state index is 12.4. The molecular weight excluding hydrogens is 352 g/mol. The lowest BCUT2D eigenvalue weighted by Gasteiger charge is -2.18. The largest absolute Gasteiger partial charge is 0.351 e. The first kappa shape index (κ1) is 18.2. The Balaban J connectivity index is 1.30. The van der Waals surface area contributed by atoms with Crippen molar-refractivity contribution < 1.29 is 9.59 Å². The first-order chi connectivity index (χ1) is 13.7. The number of aromatic amines is 1. The highest BCUT2D eigenvalue weighted by Crippen LogP contribution is 2.22. The van der Waals surface area contributed by atoms with E-state index in [1.54, 1.807) is 6.20 Å². The average molecular weight is 376 g/mol. The zero-order valence-corrected chi connectivity index (χ0v) is 15.7. The van der Waals surface area contributed by atoms with Crippen LogP contribution >= 0.6 is 0 Å². The van der Waals surface area contributed by atoms with Crippen molar-refractivity contribution in [3.8, 4) is 0 Å². The summed E-state index contributed by atoms with van der Waals surface area (Å²) in [5.74, 6) is 0.102. The first-order valence-corrected chi connectivity index (χ1v) is 9.70. The van der Waals surface area contributed by atoms with Crippen LogP contribution < -0.4 is 5.32 Å². The van der Waals surface area contributed by atoms with Gasteiger partial charge < -0.3 is 10.2 Å². The predicted molar refractivity (Wildman–Crippen MR) is 107 cm³/mol. The maximum atomic E-state index is 12.4. The number of aromatic nitrogens is 2. The fourth-order valence-corrected chi connectivity index (χ4v) is 3.82. The normalized spacial score (nSPS) is 16.6. The van der Waals surface area contributed by atoms with E-state index in [0.29, 0.717) is 25.9 Å². The fraction of sp³-hybridized carbons (Fsp3) is 0.318. The quantitative estimate of drug-likeness (QED) is 0.666. The molecule has 1 fully saturated rings. The third-order valence-corrected chi connectivity index (χ3v) is 5.24. The highest BCUT2D eigenvalue weighted by molar-refractivity contribution is 5.87. The van der Waals surface area contributed by atoms with Crippen LogP contribution in [-0.2, 0) is 22.6 Å². The van der Waals surface area contributed by atoms with Gasteiger partial charge in [0.15, 0.2) is 0 Å². The molecule has 4 rings (SSSR count). The number of carbonyl (C=O) groups is 2. The SMILES string of the molecule is O=C(CCCc1cn[nH]c1)NC1CC(=O)N(Cc2cccc3ccccc23)C1. The van der Waals surface area contributed by atoms with E-state index in [1.807, 2.05) is 29.3 Å². The second kappa shape index (κ2) is 8.25. The molecule has 1 aromatic heterocycles. The molecule has 1 aliphatic heterocycles. The standard InChI is InChI=1S/C22H24N4O2/c27-21(10-3-5-16-12-23-24-13-16)25-19-11-22(28)26(15-19)14-18-8-4-7-17-6-1-2-9-20(17)18/h1-2,4,6-9,12-13,19H,3,5,10-11,14-15H2,(H,23,24)(H,25,27). The van der Waals surface area contributed by atoms with E-state index >= 15 is 0 Å². The van der Waals surface area contributed by atoms with E-state index in [9.17, 15) is 9.59 Å². The Kier molecular flexibility index (Phi) is 5.37. The minimum absolute atomic E-state index is 0.00769. The van der Waals surface area contributed by atoms with Crippen LogP contribution in [0.3, 0.4) is 0 Å². The first-order valence-electron chi connectivity index (χ1n) is 9.70. The maximum Gasteiger partial charge on any atom is 0.225 e. The van der Waals surface area contributed by atoms with Crippen LogP contribution in [0, 0.1) is 0 Å². The number of H-pyrrole nitrogens is 1. The molecule has 2 amide bonds. The van der Waals surface area contributed by atoms with Gasteiger partial charge in [-0.2, -0.15) is 5.10 Å². The van der Waals surface area contributed by atoms with Gasteiger partial charge in [-0.3, -0.25) is 14.7 Å². The van der Waals surface area contributed by atoms with Gasteiger partial charge in [-0.05, 0) is 34.7 Å². The number of hydrogen-bond acceptors (Lipinski definition) is 3. The summed E-state index contributed by atoms with van der Waals surface area (Å²) >= 11 is 0. The zero-order valence-electron chi connectivity index (χ0n) is 15.7. The molecule has 1 aliphatic rings. The van der Waals surface area contributed by atoms with E-state index in [-0.39, 0.29) is 17.9 Å². The topological polar surface area (TPSA) is 78.1 Å².